The third-order valence-corrected chi connectivity index (χ3v) is 4.78. The lowest BCUT2D eigenvalue weighted by Gasteiger charge is -2.34. The van der Waals surface area contributed by atoms with E-state index < -0.39 is 12.0 Å². The number of alkyl halides is 3. The van der Waals surface area contributed by atoms with Crippen molar-refractivity contribution in [3.63, 3.8) is 0 Å². The van der Waals surface area contributed by atoms with Crippen molar-refractivity contribution >= 4 is 22.4 Å². The second kappa shape index (κ2) is 7.06. The zero-order valence-corrected chi connectivity index (χ0v) is 14.6. The number of rotatable bonds is 3. The van der Waals surface area contributed by atoms with E-state index in [1.165, 1.54) is 0 Å². The van der Waals surface area contributed by atoms with Crippen LogP contribution in [0.4, 0.5) is 24.7 Å². The van der Waals surface area contributed by atoms with Gasteiger partial charge in [-0.3, -0.25) is 0 Å². The Morgan fingerprint density at radius 2 is 1.56 bits per heavy atom. The van der Waals surface area contributed by atoms with Crippen molar-refractivity contribution < 1.29 is 13.2 Å². The Balaban J connectivity index is 1.56. The van der Waals surface area contributed by atoms with Crippen LogP contribution in [0, 0.1) is 0 Å². The van der Waals surface area contributed by atoms with Gasteiger partial charge in [0.15, 0.2) is 0 Å². The number of nitrogens with one attached hydrogen (secondary N) is 1. The van der Waals surface area contributed by atoms with E-state index >= 15 is 0 Å². The third kappa shape index (κ3) is 3.82. The van der Waals surface area contributed by atoms with Crippen LogP contribution in [0.3, 0.4) is 0 Å². The maximum Gasteiger partial charge on any atom is 0.451 e. The van der Waals surface area contributed by atoms with Gasteiger partial charge in [0.1, 0.15) is 5.82 Å². The predicted octanol–water partition coefficient (Wildman–Crippen LogP) is 4.73. The van der Waals surface area contributed by atoms with E-state index in [0.29, 0.717) is 35.9 Å². The molecule has 1 aliphatic heterocycles. The summed E-state index contributed by atoms with van der Waals surface area (Å²) < 4.78 is 39.6. The molecule has 1 saturated heterocycles. The van der Waals surface area contributed by atoms with Crippen molar-refractivity contribution in [1.82, 2.24) is 9.97 Å². The number of piperidine rings is 1. The van der Waals surface area contributed by atoms with Crippen molar-refractivity contribution in [2.45, 2.75) is 25.1 Å². The number of fused-ring (bicyclic) bond motifs is 1. The number of nitrogens with zero attached hydrogens (tertiary/aromatic N) is 3. The molecule has 0 atom stereocenters. The molecule has 1 fully saturated rings. The Morgan fingerprint density at radius 1 is 0.889 bits per heavy atom. The summed E-state index contributed by atoms with van der Waals surface area (Å²) >= 11 is 0. The third-order valence-electron chi connectivity index (χ3n) is 4.78. The molecule has 0 aliphatic carbocycles. The van der Waals surface area contributed by atoms with Crippen molar-refractivity contribution in [2.24, 2.45) is 0 Å². The highest BCUT2D eigenvalue weighted by atomic mass is 19.4. The van der Waals surface area contributed by atoms with E-state index in [4.69, 9.17) is 0 Å². The van der Waals surface area contributed by atoms with Crippen LogP contribution in [0.2, 0.25) is 0 Å². The van der Waals surface area contributed by atoms with Crippen LogP contribution in [0.1, 0.15) is 18.7 Å². The van der Waals surface area contributed by atoms with E-state index in [0.717, 1.165) is 18.5 Å². The molecule has 0 unspecified atom stereocenters. The molecule has 1 aliphatic rings. The van der Waals surface area contributed by atoms with E-state index in [1.807, 2.05) is 35.2 Å². The topological polar surface area (TPSA) is 41.1 Å². The lowest BCUT2D eigenvalue weighted by molar-refractivity contribution is -0.144. The van der Waals surface area contributed by atoms with Gasteiger partial charge in [-0.1, -0.05) is 30.3 Å². The fourth-order valence-corrected chi connectivity index (χ4v) is 3.43. The zero-order valence-electron chi connectivity index (χ0n) is 14.6. The average molecular weight is 372 g/mol. The summed E-state index contributed by atoms with van der Waals surface area (Å²) in [6.45, 7) is 1.28. The molecule has 1 N–H and O–H groups in total. The van der Waals surface area contributed by atoms with Crippen LogP contribution in [-0.2, 0) is 6.18 Å². The lowest BCUT2D eigenvalue weighted by Crippen LogP contribution is -2.40. The molecule has 0 amide bonds. The molecule has 0 bridgehead atoms. The Bertz CT molecular complexity index is 919. The van der Waals surface area contributed by atoms with Crippen molar-refractivity contribution in [3.8, 4) is 0 Å². The van der Waals surface area contributed by atoms with Gasteiger partial charge in [-0.2, -0.15) is 13.2 Å². The molecule has 2 aromatic carbocycles. The second-order valence-corrected chi connectivity index (χ2v) is 6.66. The minimum Gasteiger partial charge on any atom is -0.382 e. The van der Waals surface area contributed by atoms with Gasteiger partial charge < -0.3 is 10.2 Å². The van der Waals surface area contributed by atoms with Crippen molar-refractivity contribution in [3.05, 3.63) is 60.4 Å². The van der Waals surface area contributed by atoms with Crippen LogP contribution in [-0.4, -0.2) is 29.1 Å². The summed E-state index contributed by atoms with van der Waals surface area (Å²) in [4.78, 5) is 9.50. The molecule has 4 rings (SSSR count). The molecule has 27 heavy (non-hydrogen) atoms. The number of hydrogen-bond acceptors (Lipinski definition) is 4. The fourth-order valence-electron chi connectivity index (χ4n) is 3.43. The Hall–Kier alpha value is -2.83. The van der Waals surface area contributed by atoms with Crippen LogP contribution < -0.4 is 10.2 Å². The number of aromatic nitrogens is 2. The fraction of sp³-hybridized carbons (Fsp3) is 0.300. The molecule has 0 radical (unpaired) electrons. The quantitative estimate of drug-likeness (QED) is 0.722. The first-order valence-electron chi connectivity index (χ1n) is 8.91. The van der Waals surface area contributed by atoms with Gasteiger partial charge >= 0.3 is 6.18 Å². The zero-order chi connectivity index (χ0) is 18.9. The van der Waals surface area contributed by atoms with E-state index in [9.17, 15) is 13.2 Å². The predicted molar refractivity (Wildman–Crippen MR) is 99.8 cm³/mol. The molecule has 4 nitrogen and oxygen atoms in total. The van der Waals surface area contributed by atoms with E-state index in [1.54, 1.807) is 24.3 Å². The number of para-hydroxylation sites is 2. The first kappa shape index (κ1) is 17.6. The normalized spacial score (nSPS) is 15.9. The highest BCUT2D eigenvalue weighted by Crippen LogP contribution is 2.32. The highest BCUT2D eigenvalue weighted by molar-refractivity contribution is 5.89. The molecule has 0 saturated carbocycles. The Morgan fingerprint density at radius 3 is 2.26 bits per heavy atom. The summed E-state index contributed by atoms with van der Waals surface area (Å²) in [5, 5.41) is 4.14. The summed E-state index contributed by atoms with van der Waals surface area (Å²) in [6.07, 6.45) is -2.91. The number of anilines is 2. The number of halogens is 3. The second-order valence-electron chi connectivity index (χ2n) is 6.66. The summed E-state index contributed by atoms with van der Waals surface area (Å²) in [5.74, 6) is -0.716. The smallest absolute Gasteiger partial charge is 0.382 e. The first-order valence-corrected chi connectivity index (χ1v) is 8.91. The molecule has 3 aromatic rings. The van der Waals surface area contributed by atoms with Gasteiger partial charge in [-0.05, 0) is 37.1 Å². The van der Waals surface area contributed by atoms with Crippen LogP contribution in [0.15, 0.2) is 54.6 Å². The molecule has 0 spiro atoms. The Kier molecular flexibility index (Phi) is 4.59. The summed E-state index contributed by atoms with van der Waals surface area (Å²) in [5.41, 5.74) is 1.38. The van der Waals surface area contributed by atoms with Crippen LogP contribution >= 0.6 is 0 Å². The highest BCUT2D eigenvalue weighted by Gasteiger charge is 2.36. The van der Waals surface area contributed by atoms with E-state index in [2.05, 4.69) is 15.3 Å². The maximum atomic E-state index is 13.2. The lowest BCUT2D eigenvalue weighted by atomic mass is 10.0. The van der Waals surface area contributed by atoms with Gasteiger partial charge in [-0.25, -0.2) is 9.97 Å². The summed E-state index contributed by atoms with van der Waals surface area (Å²) in [6, 6.07) is 17.1. The SMILES string of the molecule is FC(F)(F)c1nc(N2CCC(Nc3ccccc3)CC2)c2ccccc2n1. The van der Waals surface area contributed by atoms with Gasteiger partial charge in [0, 0.05) is 30.2 Å². The van der Waals surface area contributed by atoms with Crippen LogP contribution in [0.25, 0.3) is 10.9 Å². The maximum absolute atomic E-state index is 13.2. The first-order chi connectivity index (χ1) is 13.0. The van der Waals surface area contributed by atoms with E-state index in [-0.39, 0.29) is 0 Å². The van der Waals surface area contributed by atoms with Gasteiger partial charge in [-0.15, -0.1) is 0 Å². The Labute approximate surface area is 155 Å². The number of hydrogen-bond donors (Lipinski definition) is 1. The standard InChI is InChI=1S/C20H19F3N4/c21-20(22,23)19-25-17-9-5-4-8-16(17)18(26-19)27-12-10-15(11-13-27)24-14-6-2-1-3-7-14/h1-9,15,24H,10-13H2. The molecule has 140 valence electrons. The van der Waals surface area contributed by atoms with Crippen molar-refractivity contribution in [1.29, 1.82) is 0 Å². The van der Waals surface area contributed by atoms with Crippen molar-refractivity contribution in [2.75, 3.05) is 23.3 Å². The molecule has 7 heteroatoms. The van der Waals surface area contributed by atoms with Gasteiger partial charge in [0.2, 0.25) is 5.82 Å². The average Bonchev–Trinajstić information content (AvgIpc) is 2.68. The molecule has 2 heterocycles. The molecular formula is C20H19F3N4. The number of benzene rings is 2. The summed E-state index contributed by atoms with van der Waals surface area (Å²) in [7, 11) is 0. The monoisotopic (exact) mass is 372 g/mol. The van der Waals surface area contributed by atoms with Crippen LogP contribution in [0.5, 0.6) is 0 Å². The van der Waals surface area contributed by atoms with Gasteiger partial charge in [0.25, 0.3) is 0 Å². The minimum absolute atomic E-state index is 0.291. The molecular weight excluding hydrogens is 353 g/mol. The molecule has 1 aromatic heterocycles. The minimum atomic E-state index is -4.56. The largest absolute Gasteiger partial charge is 0.451 e. The van der Waals surface area contributed by atoms with Gasteiger partial charge in [0.05, 0.1) is 5.52 Å².